The first kappa shape index (κ1) is 15.4. The van der Waals surface area contributed by atoms with E-state index in [1.54, 1.807) is 13.8 Å². The van der Waals surface area contributed by atoms with Crippen molar-refractivity contribution in [2.75, 3.05) is 19.7 Å². The van der Waals surface area contributed by atoms with Gasteiger partial charge in [0.15, 0.2) is 0 Å². The Bertz CT molecular complexity index is 373. The number of nitrogens with two attached hydrogens (primary N) is 1. The molecule has 7 nitrogen and oxygen atoms in total. The Labute approximate surface area is 112 Å². The number of hydrogen-bond donors (Lipinski definition) is 3. The van der Waals surface area contributed by atoms with Gasteiger partial charge in [-0.25, -0.2) is 0 Å². The number of hydrogen-bond acceptors (Lipinski definition) is 4. The molecule has 1 saturated heterocycles. The van der Waals surface area contributed by atoms with Gasteiger partial charge in [-0.3, -0.25) is 14.4 Å². The van der Waals surface area contributed by atoms with Crippen molar-refractivity contribution in [2.45, 2.75) is 32.2 Å². The van der Waals surface area contributed by atoms with Crippen LogP contribution in [0, 0.1) is 5.92 Å². The first-order valence-electron chi connectivity index (χ1n) is 6.28. The van der Waals surface area contributed by atoms with E-state index in [1.807, 2.05) is 0 Å². The normalized spacial score (nSPS) is 17.1. The molecule has 1 aliphatic heterocycles. The molecule has 0 aliphatic carbocycles. The van der Waals surface area contributed by atoms with Crippen molar-refractivity contribution in [2.24, 2.45) is 11.7 Å². The van der Waals surface area contributed by atoms with Gasteiger partial charge in [0, 0.05) is 19.0 Å². The van der Waals surface area contributed by atoms with Crippen molar-refractivity contribution >= 4 is 17.7 Å². The van der Waals surface area contributed by atoms with E-state index in [2.05, 4.69) is 5.32 Å². The van der Waals surface area contributed by atoms with E-state index in [9.17, 15) is 14.4 Å². The predicted octanol–water partition coefficient (Wildman–Crippen LogP) is -1.40. The molecule has 1 fully saturated rings. The fourth-order valence-corrected chi connectivity index (χ4v) is 1.91. The van der Waals surface area contributed by atoms with Crippen molar-refractivity contribution in [1.29, 1.82) is 0 Å². The van der Waals surface area contributed by atoms with Crippen molar-refractivity contribution in [3.63, 3.8) is 0 Å². The Hall–Kier alpha value is -1.63. The molecule has 0 aromatic rings. The fraction of sp³-hybridized carbons (Fsp3) is 0.750. The first-order valence-corrected chi connectivity index (χ1v) is 6.28. The molecule has 0 saturated carbocycles. The van der Waals surface area contributed by atoms with Gasteiger partial charge in [-0.2, -0.15) is 0 Å². The molecule has 0 aromatic heterocycles. The van der Waals surface area contributed by atoms with Crippen LogP contribution in [0.25, 0.3) is 0 Å². The lowest BCUT2D eigenvalue weighted by Gasteiger charge is -2.31. The van der Waals surface area contributed by atoms with Gasteiger partial charge in [0.1, 0.15) is 0 Å². The van der Waals surface area contributed by atoms with Crippen molar-refractivity contribution < 1.29 is 19.5 Å². The van der Waals surface area contributed by atoms with E-state index >= 15 is 0 Å². The van der Waals surface area contributed by atoms with Gasteiger partial charge >= 0.3 is 11.8 Å². The minimum absolute atomic E-state index is 0.221. The number of piperidine rings is 1. The third-order valence-electron chi connectivity index (χ3n) is 3.23. The smallest absolute Gasteiger partial charge is 0.311 e. The van der Waals surface area contributed by atoms with Crippen LogP contribution in [0.2, 0.25) is 0 Å². The van der Waals surface area contributed by atoms with E-state index < -0.39 is 17.4 Å². The summed E-state index contributed by atoms with van der Waals surface area (Å²) in [5.41, 5.74) is 4.37. The van der Waals surface area contributed by atoms with Gasteiger partial charge in [-0.05, 0) is 26.7 Å². The largest absolute Gasteiger partial charge is 0.394 e. The molecule has 0 aromatic carbocycles. The number of aliphatic hydroxyl groups is 1. The summed E-state index contributed by atoms with van der Waals surface area (Å²) in [6, 6.07) is 0. The van der Waals surface area contributed by atoms with E-state index in [0.29, 0.717) is 25.9 Å². The molecule has 0 unspecified atom stereocenters. The monoisotopic (exact) mass is 271 g/mol. The maximum absolute atomic E-state index is 11.9. The molecule has 0 bridgehead atoms. The molecular weight excluding hydrogens is 250 g/mol. The lowest BCUT2D eigenvalue weighted by molar-refractivity contribution is -0.148. The molecule has 19 heavy (non-hydrogen) atoms. The highest BCUT2D eigenvalue weighted by atomic mass is 16.3. The minimum atomic E-state index is -0.835. The van der Waals surface area contributed by atoms with Crippen LogP contribution in [-0.2, 0) is 14.4 Å². The molecule has 1 rings (SSSR count). The molecular formula is C12H21N3O4. The average molecular weight is 271 g/mol. The number of nitrogens with one attached hydrogen (secondary N) is 1. The number of carbonyl (C=O) groups is 3. The maximum Gasteiger partial charge on any atom is 0.311 e. The lowest BCUT2D eigenvalue weighted by atomic mass is 9.96. The molecule has 4 N–H and O–H groups in total. The van der Waals surface area contributed by atoms with Gasteiger partial charge in [0.2, 0.25) is 5.91 Å². The zero-order valence-corrected chi connectivity index (χ0v) is 11.3. The second-order valence-electron chi connectivity index (χ2n) is 5.46. The molecule has 0 radical (unpaired) electrons. The van der Waals surface area contributed by atoms with Gasteiger partial charge in [-0.1, -0.05) is 0 Å². The van der Waals surface area contributed by atoms with Crippen LogP contribution < -0.4 is 11.1 Å². The summed E-state index contributed by atoms with van der Waals surface area (Å²) >= 11 is 0. The highest BCUT2D eigenvalue weighted by molar-refractivity contribution is 6.35. The Morgan fingerprint density at radius 2 is 1.84 bits per heavy atom. The number of likely N-dealkylation sites (tertiary alicyclic amines) is 1. The second-order valence-corrected chi connectivity index (χ2v) is 5.46. The number of amides is 3. The second kappa shape index (κ2) is 6.01. The van der Waals surface area contributed by atoms with Crippen molar-refractivity contribution in [3.8, 4) is 0 Å². The van der Waals surface area contributed by atoms with Crippen LogP contribution in [0.4, 0.5) is 0 Å². The molecule has 108 valence electrons. The van der Waals surface area contributed by atoms with E-state index in [4.69, 9.17) is 10.8 Å². The van der Waals surface area contributed by atoms with Gasteiger partial charge in [0.25, 0.3) is 0 Å². The Kier molecular flexibility index (Phi) is 4.88. The van der Waals surface area contributed by atoms with Crippen molar-refractivity contribution in [3.05, 3.63) is 0 Å². The summed E-state index contributed by atoms with van der Waals surface area (Å²) in [5.74, 6) is -1.96. The van der Waals surface area contributed by atoms with Crippen LogP contribution >= 0.6 is 0 Å². The van der Waals surface area contributed by atoms with Gasteiger partial charge in [-0.15, -0.1) is 0 Å². The molecule has 7 heteroatoms. The number of primary amides is 1. The van der Waals surface area contributed by atoms with E-state index in [1.165, 1.54) is 4.90 Å². The quantitative estimate of drug-likeness (QED) is 0.548. The molecule has 1 heterocycles. The van der Waals surface area contributed by atoms with Crippen LogP contribution in [0.1, 0.15) is 26.7 Å². The van der Waals surface area contributed by atoms with Crippen LogP contribution in [-0.4, -0.2) is 53.0 Å². The van der Waals surface area contributed by atoms with Gasteiger partial charge < -0.3 is 21.1 Å². The number of aliphatic hydroxyl groups excluding tert-OH is 1. The topological polar surface area (TPSA) is 113 Å². The fourth-order valence-electron chi connectivity index (χ4n) is 1.91. The van der Waals surface area contributed by atoms with Gasteiger partial charge in [0.05, 0.1) is 12.1 Å². The van der Waals surface area contributed by atoms with E-state index in [-0.39, 0.29) is 18.4 Å². The third kappa shape index (κ3) is 4.20. The highest BCUT2D eigenvalue weighted by Gasteiger charge is 2.31. The summed E-state index contributed by atoms with van der Waals surface area (Å²) in [7, 11) is 0. The highest BCUT2D eigenvalue weighted by Crippen LogP contribution is 2.16. The zero-order valence-electron chi connectivity index (χ0n) is 11.3. The third-order valence-corrected chi connectivity index (χ3v) is 3.23. The summed E-state index contributed by atoms with van der Waals surface area (Å²) < 4.78 is 0. The molecule has 3 amide bonds. The van der Waals surface area contributed by atoms with Crippen LogP contribution in [0.3, 0.4) is 0 Å². The predicted molar refractivity (Wildman–Crippen MR) is 67.8 cm³/mol. The van der Waals surface area contributed by atoms with E-state index in [0.717, 1.165) is 0 Å². The number of nitrogens with zero attached hydrogens (tertiary/aromatic N) is 1. The SMILES string of the molecule is CC(C)(CO)NC(=O)C(=O)N1CCC(C(N)=O)CC1. The Balaban J connectivity index is 2.51. The summed E-state index contributed by atoms with van der Waals surface area (Å²) in [4.78, 5) is 36.0. The molecule has 1 aliphatic rings. The number of carbonyl (C=O) groups excluding carboxylic acids is 3. The average Bonchev–Trinajstić information content (AvgIpc) is 2.37. The van der Waals surface area contributed by atoms with Crippen LogP contribution in [0.15, 0.2) is 0 Å². The maximum atomic E-state index is 11.9. The lowest BCUT2D eigenvalue weighted by Crippen LogP contribution is -2.54. The minimum Gasteiger partial charge on any atom is -0.394 e. The van der Waals surface area contributed by atoms with Crippen molar-refractivity contribution in [1.82, 2.24) is 10.2 Å². The zero-order chi connectivity index (χ0) is 14.6. The number of rotatable bonds is 3. The Morgan fingerprint density at radius 3 is 2.26 bits per heavy atom. The summed E-state index contributed by atoms with van der Waals surface area (Å²) in [6.07, 6.45) is 0.968. The standard InChI is InChI=1S/C12H21N3O4/c1-12(2,7-16)14-10(18)11(19)15-5-3-8(4-6-15)9(13)17/h8,16H,3-7H2,1-2H3,(H2,13,17)(H,14,18). The Morgan fingerprint density at radius 1 is 1.32 bits per heavy atom. The first-order chi connectivity index (χ1) is 8.76. The molecule has 0 atom stereocenters. The summed E-state index contributed by atoms with van der Waals surface area (Å²) in [5, 5.41) is 11.5. The molecule has 0 spiro atoms. The van der Waals surface area contributed by atoms with Crippen LogP contribution in [0.5, 0.6) is 0 Å². The summed E-state index contributed by atoms with van der Waals surface area (Å²) in [6.45, 7) is 3.68.